The normalized spacial score (nSPS) is 9.94. The minimum absolute atomic E-state index is 0.615. The molecule has 17 heavy (non-hydrogen) atoms. The first kappa shape index (κ1) is 12.0. The first-order valence-electron chi connectivity index (χ1n) is 5.18. The SMILES string of the molecule is CCc1csc(Oc2ccc(C#N)cc2)c1Cl. The van der Waals surface area contributed by atoms with Crippen LogP contribution in [-0.2, 0) is 6.42 Å². The van der Waals surface area contributed by atoms with Crippen LogP contribution in [0.3, 0.4) is 0 Å². The molecular weight excluding hydrogens is 254 g/mol. The standard InChI is InChI=1S/C13H10ClNOS/c1-2-10-8-17-13(12(10)14)16-11-5-3-9(7-15)4-6-11/h3-6,8H,2H2,1H3. The van der Waals surface area contributed by atoms with E-state index < -0.39 is 0 Å². The quantitative estimate of drug-likeness (QED) is 0.809. The van der Waals surface area contributed by atoms with Gasteiger partial charge in [0.1, 0.15) is 5.75 Å². The van der Waals surface area contributed by atoms with E-state index in [4.69, 9.17) is 21.6 Å². The summed E-state index contributed by atoms with van der Waals surface area (Å²) in [4.78, 5) is 0. The molecule has 1 aromatic carbocycles. The van der Waals surface area contributed by atoms with Crippen LogP contribution in [0, 0.1) is 11.3 Å². The van der Waals surface area contributed by atoms with Crippen LogP contribution in [0.5, 0.6) is 10.8 Å². The lowest BCUT2D eigenvalue weighted by Crippen LogP contribution is -1.83. The number of ether oxygens (including phenoxy) is 1. The summed E-state index contributed by atoms with van der Waals surface area (Å²) in [6.07, 6.45) is 0.895. The molecule has 2 nitrogen and oxygen atoms in total. The number of thiophene rings is 1. The molecule has 86 valence electrons. The fourth-order valence-electron chi connectivity index (χ4n) is 1.37. The molecule has 0 radical (unpaired) electrons. The van der Waals surface area contributed by atoms with Gasteiger partial charge >= 0.3 is 0 Å². The maximum Gasteiger partial charge on any atom is 0.199 e. The van der Waals surface area contributed by atoms with Crippen LogP contribution in [0.15, 0.2) is 29.6 Å². The Bertz CT molecular complexity index is 554. The average Bonchev–Trinajstić information content (AvgIpc) is 2.71. The third kappa shape index (κ3) is 2.60. The van der Waals surface area contributed by atoms with Crippen LogP contribution < -0.4 is 4.74 Å². The van der Waals surface area contributed by atoms with E-state index in [9.17, 15) is 0 Å². The number of hydrogen-bond acceptors (Lipinski definition) is 3. The Balaban J connectivity index is 2.20. The molecule has 0 atom stereocenters. The maximum absolute atomic E-state index is 8.69. The Hall–Kier alpha value is -1.50. The van der Waals surface area contributed by atoms with Crippen molar-refractivity contribution in [2.24, 2.45) is 0 Å². The third-order valence-electron chi connectivity index (χ3n) is 2.34. The monoisotopic (exact) mass is 263 g/mol. The van der Waals surface area contributed by atoms with Gasteiger partial charge < -0.3 is 4.74 Å². The van der Waals surface area contributed by atoms with Crippen molar-refractivity contribution in [1.82, 2.24) is 0 Å². The molecule has 1 heterocycles. The molecule has 0 amide bonds. The molecule has 0 aliphatic heterocycles. The molecule has 1 aromatic heterocycles. The highest BCUT2D eigenvalue weighted by molar-refractivity contribution is 7.12. The molecule has 0 N–H and O–H groups in total. The van der Waals surface area contributed by atoms with Gasteiger partial charge in [0.15, 0.2) is 5.06 Å². The van der Waals surface area contributed by atoms with E-state index in [0.717, 1.165) is 12.0 Å². The molecule has 2 rings (SSSR count). The van der Waals surface area contributed by atoms with Crippen molar-refractivity contribution >= 4 is 22.9 Å². The van der Waals surface area contributed by atoms with Crippen LogP contribution in [0.25, 0.3) is 0 Å². The van der Waals surface area contributed by atoms with Crippen LogP contribution in [0.1, 0.15) is 18.1 Å². The third-order valence-corrected chi connectivity index (χ3v) is 3.77. The molecule has 0 saturated carbocycles. The molecule has 0 fully saturated rings. The van der Waals surface area contributed by atoms with Gasteiger partial charge in [0, 0.05) is 0 Å². The van der Waals surface area contributed by atoms with E-state index in [0.29, 0.717) is 21.4 Å². The summed E-state index contributed by atoms with van der Waals surface area (Å²) in [5, 5.41) is 12.1. The molecule has 0 saturated heterocycles. The second-order valence-electron chi connectivity index (χ2n) is 3.45. The lowest BCUT2D eigenvalue weighted by molar-refractivity contribution is 0.496. The number of rotatable bonds is 3. The van der Waals surface area contributed by atoms with Gasteiger partial charge in [-0.25, -0.2) is 0 Å². The fraction of sp³-hybridized carbons (Fsp3) is 0.154. The van der Waals surface area contributed by atoms with E-state index in [1.807, 2.05) is 5.38 Å². The highest BCUT2D eigenvalue weighted by Crippen LogP contribution is 2.38. The largest absolute Gasteiger partial charge is 0.445 e. The molecule has 0 aliphatic rings. The van der Waals surface area contributed by atoms with Gasteiger partial charge in [0.25, 0.3) is 0 Å². The minimum Gasteiger partial charge on any atom is -0.445 e. The molecule has 2 aromatic rings. The first-order chi connectivity index (χ1) is 8.24. The lowest BCUT2D eigenvalue weighted by Gasteiger charge is -2.03. The van der Waals surface area contributed by atoms with Gasteiger partial charge in [0.2, 0.25) is 0 Å². The molecule has 0 spiro atoms. The summed E-state index contributed by atoms with van der Waals surface area (Å²) in [5.74, 6) is 0.690. The van der Waals surface area contributed by atoms with Crippen molar-refractivity contribution < 1.29 is 4.74 Å². The van der Waals surface area contributed by atoms with Gasteiger partial charge in [0.05, 0.1) is 16.7 Å². The van der Waals surface area contributed by atoms with Crippen molar-refractivity contribution in [3.8, 4) is 16.9 Å². The second-order valence-corrected chi connectivity index (χ2v) is 4.67. The molecular formula is C13H10ClNOS. The zero-order valence-electron chi connectivity index (χ0n) is 9.24. The maximum atomic E-state index is 8.69. The highest BCUT2D eigenvalue weighted by Gasteiger charge is 2.10. The van der Waals surface area contributed by atoms with Crippen LogP contribution in [-0.4, -0.2) is 0 Å². The highest BCUT2D eigenvalue weighted by atomic mass is 35.5. The molecule has 4 heteroatoms. The number of hydrogen-bond donors (Lipinski definition) is 0. The van der Waals surface area contributed by atoms with Gasteiger partial charge in [-0.15, -0.1) is 11.3 Å². The van der Waals surface area contributed by atoms with Crippen molar-refractivity contribution in [1.29, 1.82) is 5.26 Å². The smallest absolute Gasteiger partial charge is 0.199 e. The number of halogens is 1. The Morgan fingerprint density at radius 1 is 1.35 bits per heavy atom. The predicted molar refractivity (Wildman–Crippen MR) is 69.9 cm³/mol. The van der Waals surface area contributed by atoms with E-state index in [1.54, 1.807) is 24.3 Å². The zero-order valence-corrected chi connectivity index (χ0v) is 10.8. The Labute approximate surface area is 109 Å². The van der Waals surface area contributed by atoms with E-state index in [2.05, 4.69) is 13.0 Å². The Morgan fingerprint density at radius 3 is 2.59 bits per heavy atom. The first-order valence-corrected chi connectivity index (χ1v) is 6.44. The molecule has 0 bridgehead atoms. The minimum atomic E-state index is 0.615. The van der Waals surface area contributed by atoms with Crippen LogP contribution >= 0.6 is 22.9 Å². The van der Waals surface area contributed by atoms with Crippen LogP contribution in [0.4, 0.5) is 0 Å². The number of nitrogens with zero attached hydrogens (tertiary/aromatic N) is 1. The topological polar surface area (TPSA) is 33.0 Å². The van der Waals surface area contributed by atoms with Crippen molar-refractivity contribution in [3.63, 3.8) is 0 Å². The van der Waals surface area contributed by atoms with E-state index in [-0.39, 0.29) is 0 Å². The van der Waals surface area contributed by atoms with Gasteiger partial charge in [-0.05, 0) is 41.6 Å². The second kappa shape index (κ2) is 5.22. The fourth-order valence-corrected chi connectivity index (χ4v) is 2.71. The molecule has 0 aliphatic carbocycles. The summed E-state index contributed by atoms with van der Waals surface area (Å²) in [6.45, 7) is 2.05. The Morgan fingerprint density at radius 2 is 2.06 bits per heavy atom. The van der Waals surface area contributed by atoms with Gasteiger partial charge in [-0.3, -0.25) is 0 Å². The van der Waals surface area contributed by atoms with Crippen molar-refractivity contribution in [2.75, 3.05) is 0 Å². The zero-order chi connectivity index (χ0) is 12.3. The van der Waals surface area contributed by atoms with E-state index >= 15 is 0 Å². The summed E-state index contributed by atoms with van der Waals surface area (Å²) in [5.41, 5.74) is 1.71. The summed E-state index contributed by atoms with van der Waals surface area (Å²) in [7, 11) is 0. The van der Waals surface area contributed by atoms with Gasteiger partial charge in [-0.2, -0.15) is 5.26 Å². The number of benzene rings is 1. The van der Waals surface area contributed by atoms with Crippen LogP contribution in [0.2, 0.25) is 5.02 Å². The summed E-state index contributed by atoms with van der Waals surface area (Å²) < 4.78 is 5.67. The molecule has 0 unspecified atom stereocenters. The van der Waals surface area contributed by atoms with Gasteiger partial charge in [-0.1, -0.05) is 18.5 Å². The number of nitriles is 1. The van der Waals surface area contributed by atoms with E-state index in [1.165, 1.54) is 11.3 Å². The lowest BCUT2D eigenvalue weighted by atomic mass is 10.2. The summed E-state index contributed by atoms with van der Waals surface area (Å²) in [6, 6.07) is 9.03. The van der Waals surface area contributed by atoms with Crippen molar-refractivity contribution in [2.45, 2.75) is 13.3 Å². The average molecular weight is 264 g/mol. The summed E-state index contributed by atoms with van der Waals surface area (Å²) >= 11 is 7.65. The Kier molecular flexibility index (Phi) is 3.68. The van der Waals surface area contributed by atoms with Crippen molar-refractivity contribution in [3.05, 3.63) is 45.8 Å². The number of aryl methyl sites for hydroxylation is 1. The predicted octanol–water partition coefficient (Wildman–Crippen LogP) is 4.63.